The average Bonchev–Trinajstić information content (AvgIpc) is 2.61. The minimum atomic E-state index is 0.526. The molecule has 1 unspecified atom stereocenters. The lowest BCUT2D eigenvalue weighted by Crippen LogP contribution is -2.45. The summed E-state index contributed by atoms with van der Waals surface area (Å²) in [6, 6.07) is 21.3. The number of benzene rings is 2. The fourth-order valence-corrected chi connectivity index (χ4v) is 3.22. The molecule has 0 amide bonds. The molecule has 0 saturated carbocycles. The molecular formula is C20H23N3. The standard InChI is InChI=1S/C20H23N3/c21-13-18-8-4-9-19(12-18)14-22-20-10-5-11-23(16-20)15-17-6-2-1-3-7-17/h1-4,6-9,12,20,22H,5,10-11,14-16H2. The summed E-state index contributed by atoms with van der Waals surface area (Å²) in [5, 5.41) is 12.6. The first kappa shape index (κ1) is 15.7. The third kappa shape index (κ3) is 4.66. The van der Waals surface area contributed by atoms with Crippen LogP contribution in [0.4, 0.5) is 0 Å². The fourth-order valence-electron chi connectivity index (χ4n) is 3.22. The molecule has 23 heavy (non-hydrogen) atoms. The number of likely N-dealkylation sites (tertiary alicyclic amines) is 1. The summed E-state index contributed by atoms with van der Waals surface area (Å²) in [5.74, 6) is 0. The SMILES string of the molecule is N#Cc1cccc(CNC2CCCN(Cc3ccccc3)C2)c1. The zero-order chi connectivity index (χ0) is 15.9. The van der Waals surface area contributed by atoms with Crippen LogP contribution in [0.1, 0.15) is 29.5 Å². The van der Waals surface area contributed by atoms with Gasteiger partial charge in [0.25, 0.3) is 0 Å². The Labute approximate surface area is 138 Å². The number of nitrogens with zero attached hydrogens (tertiary/aromatic N) is 2. The summed E-state index contributed by atoms with van der Waals surface area (Å²) < 4.78 is 0. The Kier molecular flexibility index (Phi) is 5.42. The van der Waals surface area contributed by atoms with E-state index in [-0.39, 0.29) is 0 Å². The Bertz CT molecular complexity index is 660. The highest BCUT2D eigenvalue weighted by Gasteiger charge is 2.19. The van der Waals surface area contributed by atoms with Crippen LogP contribution >= 0.6 is 0 Å². The fraction of sp³-hybridized carbons (Fsp3) is 0.350. The Balaban J connectivity index is 1.51. The van der Waals surface area contributed by atoms with E-state index in [0.29, 0.717) is 6.04 Å². The zero-order valence-electron chi connectivity index (χ0n) is 13.4. The van der Waals surface area contributed by atoms with Crippen molar-refractivity contribution >= 4 is 0 Å². The molecule has 2 aromatic carbocycles. The van der Waals surface area contributed by atoms with E-state index in [9.17, 15) is 0 Å². The van der Waals surface area contributed by atoms with Gasteiger partial charge in [0, 0.05) is 25.7 Å². The van der Waals surface area contributed by atoms with Crippen LogP contribution in [0.5, 0.6) is 0 Å². The van der Waals surface area contributed by atoms with Gasteiger partial charge in [0.1, 0.15) is 0 Å². The number of nitrogens with one attached hydrogen (secondary N) is 1. The first-order chi connectivity index (χ1) is 11.3. The minimum Gasteiger partial charge on any atom is -0.309 e. The van der Waals surface area contributed by atoms with Crippen LogP contribution in [-0.4, -0.2) is 24.0 Å². The van der Waals surface area contributed by atoms with Gasteiger partial charge in [-0.05, 0) is 42.6 Å². The molecule has 1 heterocycles. The smallest absolute Gasteiger partial charge is 0.0991 e. The normalized spacial score (nSPS) is 18.5. The second kappa shape index (κ2) is 7.92. The quantitative estimate of drug-likeness (QED) is 0.921. The molecule has 2 aromatic rings. The van der Waals surface area contributed by atoms with Gasteiger partial charge in [0.15, 0.2) is 0 Å². The first-order valence-electron chi connectivity index (χ1n) is 8.32. The molecule has 0 radical (unpaired) electrons. The topological polar surface area (TPSA) is 39.1 Å². The Hall–Kier alpha value is -2.15. The van der Waals surface area contributed by atoms with E-state index in [1.165, 1.54) is 30.5 Å². The summed E-state index contributed by atoms with van der Waals surface area (Å²) in [4.78, 5) is 2.53. The van der Waals surface area contributed by atoms with E-state index in [0.717, 1.165) is 25.2 Å². The predicted molar refractivity (Wildman–Crippen MR) is 92.7 cm³/mol. The van der Waals surface area contributed by atoms with Gasteiger partial charge < -0.3 is 5.32 Å². The molecule has 0 bridgehead atoms. The third-order valence-corrected chi connectivity index (χ3v) is 4.41. The van der Waals surface area contributed by atoms with E-state index in [1.807, 2.05) is 18.2 Å². The summed E-state index contributed by atoms with van der Waals surface area (Å²) in [6.45, 7) is 4.13. The van der Waals surface area contributed by atoms with Crippen LogP contribution in [-0.2, 0) is 13.1 Å². The van der Waals surface area contributed by atoms with Gasteiger partial charge in [-0.25, -0.2) is 0 Å². The maximum atomic E-state index is 8.98. The predicted octanol–water partition coefficient (Wildman–Crippen LogP) is 3.31. The number of rotatable bonds is 5. The number of nitriles is 1. The molecule has 118 valence electrons. The number of hydrogen-bond donors (Lipinski definition) is 1. The van der Waals surface area contributed by atoms with Crippen molar-refractivity contribution in [2.45, 2.75) is 32.0 Å². The molecule has 1 saturated heterocycles. The lowest BCUT2D eigenvalue weighted by atomic mass is 10.0. The summed E-state index contributed by atoms with van der Waals surface area (Å²) in [7, 11) is 0. The van der Waals surface area contributed by atoms with Crippen LogP contribution in [0.3, 0.4) is 0 Å². The van der Waals surface area contributed by atoms with Crippen molar-refractivity contribution in [2.75, 3.05) is 13.1 Å². The molecular weight excluding hydrogens is 282 g/mol. The maximum Gasteiger partial charge on any atom is 0.0991 e. The highest BCUT2D eigenvalue weighted by Crippen LogP contribution is 2.14. The van der Waals surface area contributed by atoms with Crippen molar-refractivity contribution < 1.29 is 0 Å². The number of piperidine rings is 1. The van der Waals surface area contributed by atoms with Crippen molar-refractivity contribution in [1.29, 1.82) is 5.26 Å². The van der Waals surface area contributed by atoms with Crippen LogP contribution in [0.15, 0.2) is 54.6 Å². The summed E-state index contributed by atoms with van der Waals surface area (Å²) >= 11 is 0. The summed E-state index contributed by atoms with van der Waals surface area (Å²) in [6.07, 6.45) is 2.46. The molecule has 3 heteroatoms. The molecule has 1 aliphatic rings. The maximum absolute atomic E-state index is 8.98. The van der Waals surface area contributed by atoms with Crippen molar-refractivity contribution in [2.24, 2.45) is 0 Å². The average molecular weight is 305 g/mol. The largest absolute Gasteiger partial charge is 0.309 e. The lowest BCUT2D eigenvalue weighted by Gasteiger charge is -2.33. The Morgan fingerprint density at radius 3 is 2.74 bits per heavy atom. The number of hydrogen-bond acceptors (Lipinski definition) is 3. The van der Waals surface area contributed by atoms with Crippen LogP contribution in [0.2, 0.25) is 0 Å². The second-order valence-corrected chi connectivity index (χ2v) is 6.25. The van der Waals surface area contributed by atoms with E-state index in [1.54, 1.807) is 0 Å². The second-order valence-electron chi connectivity index (χ2n) is 6.25. The van der Waals surface area contributed by atoms with E-state index >= 15 is 0 Å². The molecule has 3 nitrogen and oxygen atoms in total. The minimum absolute atomic E-state index is 0.526. The van der Waals surface area contributed by atoms with Crippen molar-refractivity contribution in [3.05, 3.63) is 71.3 Å². The molecule has 1 fully saturated rings. The van der Waals surface area contributed by atoms with E-state index in [4.69, 9.17) is 5.26 Å². The van der Waals surface area contributed by atoms with Gasteiger partial charge in [-0.15, -0.1) is 0 Å². The van der Waals surface area contributed by atoms with Crippen LogP contribution < -0.4 is 5.32 Å². The highest BCUT2D eigenvalue weighted by molar-refractivity contribution is 5.32. The van der Waals surface area contributed by atoms with E-state index in [2.05, 4.69) is 52.7 Å². The molecule has 1 aliphatic heterocycles. The van der Waals surface area contributed by atoms with Gasteiger partial charge in [-0.2, -0.15) is 5.26 Å². The molecule has 1 N–H and O–H groups in total. The molecule has 0 aromatic heterocycles. The van der Waals surface area contributed by atoms with Crippen LogP contribution in [0, 0.1) is 11.3 Å². The summed E-state index contributed by atoms with van der Waals surface area (Å²) in [5.41, 5.74) is 3.30. The van der Waals surface area contributed by atoms with Crippen LogP contribution in [0.25, 0.3) is 0 Å². The zero-order valence-corrected chi connectivity index (χ0v) is 13.4. The molecule has 1 atom stereocenters. The van der Waals surface area contributed by atoms with Gasteiger partial charge in [0.05, 0.1) is 11.6 Å². The van der Waals surface area contributed by atoms with Crippen molar-refractivity contribution in [1.82, 2.24) is 10.2 Å². The first-order valence-corrected chi connectivity index (χ1v) is 8.32. The van der Waals surface area contributed by atoms with Crippen molar-refractivity contribution in [3.8, 4) is 6.07 Å². The monoisotopic (exact) mass is 305 g/mol. The third-order valence-electron chi connectivity index (χ3n) is 4.41. The molecule has 0 spiro atoms. The highest BCUT2D eigenvalue weighted by atomic mass is 15.2. The van der Waals surface area contributed by atoms with Crippen molar-refractivity contribution in [3.63, 3.8) is 0 Å². The van der Waals surface area contributed by atoms with Gasteiger partial charge in [0.2, 0.25) is 0 Å². The Morgan fingerprint density at radius 1 is 1.09 bits per heavy atom. The van der Waals surface area contributed by atoms with Gasteiger partial charge >= 0.3 is 0 Å². The Morgan fingerprint density at radius 2 is 1.91 bits per heavy atom. The van der Waals surface area contributed by atoms with E-state index < -0.39 is 0 Å². The molecule has 0 aliphatic carbocycles. The van der Waals surface area contributed by atoms with Gasteiger partial charge in [-0.3, -0.25) is 4.90 Å². The molecule has 3 rings (SSSR count). The lowest BCUT2D eigenvalue weighted by molar-refractivity contribution is 0.182. The van der Waals surface area contributed by atoms with Gasteiger partial charge in [-0.1, -0.05) is 42.5 Å².